The summed E-state index contributed by atoms with van der Waals surface area (Å²) in [5.41, 5.74) is -0.663. The molecule has 18 heavy (non-hydrogen) atoms. The molecule has 0 heterocycles. The van der Waals surface area contributed by atoms with Crippen LogP contribution in [-0.4, -0.2) is 26.0 Å². The lowest BCUT2D eigenvalue weighted by Gasteiger charge is -2.21. The van der Waals surface area contributed by atoms with Crippen LogP contribution in [0.4, 0.5) is 4.39 Å². The molecule has 98 valence electrons. The summed E-state index contributed by atoms with van der Waals surface area (Å²) in [6.45, 7) is 3.33. The van der Waals surface area contributed by atoms with Crippen LogP contribution in [0.15, 0.2) is 18.2 Å². The van der Waals surface area contributed by atoms with E-state index >= 15 is 0 Å². The van der Waals surface area contributed by atoms with E-state index in [4.69, 9.17) is 4.74 Å². The smallest absolute Gasteiger partial charge is 0.314 e. The predicted octanol–water partition coefficient (Wildman–Crippen LogP) is 2.22. The molecule has 0 unspecified atom stereocenters. The van der Waals surface area contributed by atoms with Gasteiger partial charge < -0.3 is 9.47 Å². The number of methoxy groups -OCH3 is 1. The van der Waals surface area contributed by atoms with Crippen LogP contribution >= 0.6 is 0 Å². The Bertz CT molecular complexity index is 454. The normalized spacial score (nSPS) is 10.9. The van der Waals surface area contributed by atoms with Crippen LogP contribution < -0.4 is 4.74 Å². The van der Waals surface area contributed by atoms with Crippen molar-refractivity contribution < 1.29 is 23.5 Å². The SMILES string of the molecule is COC(=O)C(C)(C)COc1cc(F)cc(C=O)c1. The third kappa shape index (κ3) is 3.55. The zero-order valence-electron chi connectivity index (χ0n) is 10.5. The Hall–Kier alpha value is -1.91. The Balaban J connectivity index is 2.77. The summed E-state index contributed by atoms with van der Waals surface area (Å²) in [5.74, 6) is -0.783. The monoisotopic (exact) mass is 254 g/mol. The Kier molecular flexibility index (Phi) is 4.42. The van der Waals surface area contributed by atoms with Crippen molar-refractivity contribution in [2.45, 2.75) is 13.8 Å². The summed E-state index contributed by atoms with van der Waals surface area (Å²) in [6.07, 6.45) is 0.529. The molecule has 0 saturated heterocycles. The first-order valence-corrected chi connectivity index (χ1v) is 5.36. The van der Waals surface area contributed by atoms with E-state index in [2.05, 4.69) is 4.74 Å². The van der Waals surface area contributed by atoms with Gasteiger partial charge in [-0.2, -0.15) is 0 Å². The maximum Gasteiger partial charge on any atom is 0.314 e. The highest BCUT2D eigenvalue weighted by Crippen LogP contribution is 2.21. The van der Waals surface area contributed by atoms with Crippen molar-refractivity contribution >= 4 is 12.3 Å². The lowest BCUT2D eigenvalue weighted by Crippen LogP contribution is -2.32. The van der Waals surface area contributed by atoms with Crippen molar-refractivity contribution in [1.82, 2.24) is 0 Å². The summed E-state index contributed by atoms with van der Waals surface area (Å²) in [7, 11) is 1.29. The van der Waals surface area contributed by atoms with Crippen LogP contribution in [0.3, 0.4) is 0 Å². The lowest BCUT2D eigenvalue weighted by atomic mass is 9.95. The highest BCUT2D eigenvalue weighted by Gasteiger charge is 2.29. The molecule has 0 fully saturated rings. The molecular weight excluding hydrogens is 239 g/mol. The molecule has 1 rings (SSSR count). The standard InChI is InChI=1S/C13H15FO4/c1-13(2,12(16)17-3)8-18-11-5-9(7-15)4-10(14)6-11/h4-7H,8H2,1-3H3. The molecule has 1 aromatic carbocycles. The number of carbonyl (C=O) groups is 2. The molecule has 0 radical (unpaired) electrons. The minimum atomic E-state index is -0.845. The number of halogens is 1. The number of rotatable bonds is 5. The second-order valence-corrected chi connectivity index (χ2v) is 4.50. The van der Waals surface area contributed by atoms with E-state index in [9.17, 15) is 14.0 Å². The Morgan fingerprint density at radius 3 is 2.61 bits per heavy atom. The largest absolute Gasteiger partial charge is 0.492 e. The van der Waals surface area contributed by atoms with Gasteiger partial charge in [0.1, 0.15) is 24.5 Å². The van der Waals surface area contributed by atoms with Gasteiger partial charge in [-0.15, -0.1) is 0 Å². The van der Waals surface area contributed by atoms with E-state index in [1.807, 2.05) is 0 Å². The summed E-state index contributed by atoms with van der Waals surface area (Å²) in [6, 6.07) is 3.66. The van der Waals surface area contributed by atoms with Gasteiger partial charge in [0.15, 0.2) is 0 Å². The van der Waals surface area contributed by atoms with Crippen LogP contribution in [0.2, 0.25) is 0 Å². The number of hydrogen-bond acceptors (Lipinski definition) is 4. The molecule has 0 N–H and O–H groups in total. The van der Waals surface area contributed by atoms with Crippen LogP contribution in [0.25, 0.3) is 0 Å². The van der Waals surface area contributed by atoms with Gasteiger partial charge in [-0.05, 0) is 26.0 Å². The van der Waals surface area contributed by atoms with E-state index in [1.165, 1.54) is 13.2 Å². The highest BCUT2D eigenvalue weighted by atomic mass is 19.1. The topological polar surface area (TPSA) is 52.6 Å². The molecule has 0 aliphatic rings. The molecule has 5 heteroatoms. The number of aldehydes is 1. The van der Waals surface area contributed by atoms with E-state index in [0.717, 1.165) is 12.1 Å². The maximum absolute atomic E-state index is 13.1. The summed E-state index contributed by atoms with van der Waals surface area (Å²) >= 11 is 0. The first kappa shape index (κ1) is 14.2. The van der Waals surface area contributed by atoms with Crippen molar-refractivity contribution in [1.29, 1.82) is 0 Å². The van der Waals surface area contributed by atoms with Crippen LogP contribution in [0.1, 0.15) is 24.2 Å². The molecule has 0 aliphatic heterocycles. The van der Waals surface area contributed by atoms with E-state index in [-0.39, 0.29) is 17.9 Å². The lowest BCUT2D eigenvalue weighted by molar-refractivity contribution is -0.152. The molecule has 0 atom stereocenters. The zero-order valence-corrected chi connectivity index (χ0v) is 10.5. The van der Waals surface area contributed by atoms with Crippen molar-refractivity contribution in [3.8, 4) is 5.75 Å². The number of carbonyl (C=O) groups excluding carboxylic acids is 2. The minimum Gasteiger partial charge on any atom is -0.492 e. The fourth-order valence-electron chi connectivity index (χ4n) is 1.33. The third-order valence-corrected chi connectivity index (χ3v) is 2.37. The molecule has 0 saturated carbocycles. The summed E-state index contributed by atoms with van der Waals surface area (Å²) in [5, 5.41) is 0. The van der Waals surface area contributed by atoms with Gasteiger partial charge in [-0.1, -0.05) is 0 Å². The van der Waals surface area contributed by atoms with Gasteiger partial charge in [-0.3, -0.25) is 9.59 Å². The summed E-state index contributed by atoms with van der Waals surface area (Å²) in [4.78, 5) is 22.0. The van der Waals surface area contributed by atoms with Crippen molar-refractivity contribution in [2.24, 2.45) is 5.41 Å². The molecular formula is C13H15FO4. The molecule has 1 aromatic rings. The van der Waals surface area contributed by atoms with E-state index < -0.39 is 17.2 Å². The average Bonchev–Trinajstić information content (AvgIpc) is 2.34. The first-order chi connectivity index (χ1) is 8.39. The van der Waals surface area contributed by atoms with Crippen LogP contribution in [0.5, 0.6) is 5.75 Å². The van der Waals surface area contributed by atoms with Gasteiger partial charge in [0, 0.05) is 11.6 Å². The third-order valence-electron chi connectivity index (χ3n) is 2.37. The van der Waals surface area contributed by atoms with Gasteiger partial charge >= 0.3 is 5.97 Å². The van der Waals surface area contributed by atoms with Gasteiger partial charge in [0.2, 0.25) is 0 Å². The fourth-order valence-corrected chi connectivity index (χ4v) is 1.33. The average molecular weight is 254 g/mol. The molecule has 0 aliphatic carbocycles. The quantitative estimate of drug-likeness (QED) is 0.597. The van der Waals surface area contributed by atoms with E-state index in [1.54, 1.807) is 13.8 Å². The second-order valence-electron chi connectivity index (χ2n) is 4.50. The van der Waals surface area contributed by atoms with Crippen molar-refractivity contribution in [2.75, 3.05) is 13.7 Å². The molecule has 4 nitrogen and oxygen atoms in total. The van der Waals surface area contributed by atoms with Crippen molar-refractivity contribution in [3.63, 3.8) is 0 Å². The molecule has 0 spiro atoms. The number of benzene rings is 1. The fraction of sp³-hybridized carbons (Fsp3) is 0.385. The minimum absolute atomic E-state index is 0.0292. The van der Waals surface area contributed by atoms with Gasteiger partial charge in [0.25, 0.3) is 0 Å². The second kappa shape index (κ2) is 5.62. The Morgan fingerprint density at radius 1 is 1.39 bits per heavy atom. The Morgan fingerprint density at radius 2 is 2.06 bits per heavy atom. The Labute approximate surface area is 105 Å². The maximum atomic E-state index is 13.1. The molecule has 0 bridgehead atoms. The molecule has 0 amide bonds. The van der Waals surface area contributed by atoms with Crippen molar-refractivity contribution in [3.05, 3.63) is 29.6 Å². The number of ether oxygens (including phenoxy) is 2. The van der Waals surface area contributed by atoms with Gasteiger partial charge in [-0.25, -0.2) is 4.39 Å². The van der Waals surface area contributed by atoms with Crippen LogP contribution in [0, 0.1) is 11.2 Å². The first-order valence-electron chi connectivity index (χ1n) is 5.36. The predicted molar refractivity (Wildman–Crippen MR) is 63.1 cm³/mol. The summed E-state index contributed by atoms with van der Waals surface area (Å²) < 4.78 is 23.1. The van der Waals surface area contributed by atoms with Crippen LogP contribution in [-0.2, 0) is 9.53 Å². The van der Waals surface area contributed by atoms with E-state index in [0.29, 0.717) is 6.29 Å². The number of hydrogen-bond donors (Lipinski definition) is 0. The van der Waals surface area contributed by atoms with Gasteiger partial charge in [0.05, 0.1) is 12.5 Å². The zero-order chi connectivity index (χ0) is 13.8. The highest BCUT2D eigenvalue weighted by molar-refractivity contribution is 5.76. The molecule has 0 aromatic heterocycles. The number of esters is 1.